The van der Waals surface area contributed by atoms with Crippen molar-refractivity contribution in [1.29, 1.82) is 0 Å². The number of aromatic nitrogens is 2. The monoisotopic (exact) mass is 210 g/mol. The smallest absolute Gasteiger partial charge is 0.358 e. The Balaban J connectivity index is 2.30. The van der Waals surface area contributed by atoms with Crippen molar-refractivity contribution in [3.05, 3.63) is 22.4 Å². The highest BCUT2D eigenvalue weighted by molar-refractivity contribution is 5.15. The fraction of sp³-hybridized carbons (Fsp3) is 0.667. The van der Waals surface area contributed by atoms with Gasteiger partial charge < -0.3 is 15.8 Å². The Hall–Kier alpha value is -1.43. The van der Waals surface area contributed by atoms with Gasteiger partial charge in [-0.1, -0.05) is 12.8 Å². The molecule has 0 saturated heterocycles. The third-order valence-corrected chi connectivity index (χ3v) is 3.16. The molecule has 0 aromatic carbocycles. The van der Waals surface area contributed by atoms with Crippen molar-refractivity contribution in [2.45, 2.75) is 31.2 Å². The predicted molar refractivity (Wildman–Crippen MR) is 54.4 cm³/mol. The Kier molecular flexibility index (Phi) is 2.44. The first-order chi connectivity index (χ1) is 7.18. The van der Waals surface area contributed by atoms with Crippen LogP contribution in [-0.2, 0) is 5.54 Å². The summed E-state index contributed by atoms with van der Waals surface area (Å²) in [6, 6.07) is 1.43. The normalized spacial score (nSPS) is 19.3. The number of nitrogens with zero attached hydrogens (tertiary/aromatic N) is 3. The molecule has 0 amide bonds. The summed E-state index contributed by atoms with van der Waals surface area (Å²) >= 11 is 0. The van der Waals surface area contributed by atoms with Crippen molar-refractivity contribution >= 4 is 5.82 Å². The minimum atomic E-state index is -0.477. The highest BCUT2D eigenvalue weighted by atomic mass is 16.6. The van der Waals surface area contributed by atoms with Crippen LogP contribution in [-0.4, -0.2) is 21.2 Å². The van der Waals surface area contributed by atoms with E-state index in [1.54, 1.807) is 10.9 Å². The molecule has 6 nitrogen and oxygen atoms in total. The van der Waals surface area contributed by atoms with Gasteiger partial charge in [0.05, 0.1) is 22.9 Å². The van der Waals surface area contributed by atoms with Crippen LogP contribution in [0.4, 0.5) is 5.82 Å². The molecule has 1 aromatic rings. The Morgan fingerprint density at radius 1 is 1.60 bits per heavy atom. The summed E-state index contributed by atoms with van der Waals surface area (Å²) in [7, 11) is 0. The first-order valence-corrected chi connectivity index (χ1v) is 5.09. The minimum absolute atomic E-state index is 0.102. The van der Waals surface area contributed by atoms with Crippen LogP contribution in [0.25, 0.3) is 0 Å². The molecule has 6 heteroatoms. The summed E-state index contributed by atoms with van der Waals surface area (Å²) in [6.45, 7) is 0.492. The van der Waals surface area contributed by atoms with Gasteiger partial charge in [0.25, 0.3) is 0 Å². The lowest BCUT2D eigenvalue weighted by molar-refractivity contribution is -0.390. The van der Waals surface area contributed by atoms with Crippen LogP contribution in [0.2, 0.25) is 0 Å². The van der Waals surface area contributed by atoms with Crippen molar-refractivity contribution in [1.82, 2.24) is 9.78 Å². The Morgan fingerprint density at radius 3 is 2.73 bits per heavy atom. The summed E-state index contributed by atoms with van der Waals surface area (Å²) in [5.41, 5.74) is 5.57. The lowest BCUT2D eigenvalue weighted by Gasteiger charge is -2.24. The average Bonchev–Trinajstić information content (AvgIpc) is 2.87. The molecule has 1 aliphatic carbocycles. The zero-order chi connectivity index (χ0) is 10.9. The van der Waals surface area contributed by atoms with Crippen molar-refractivity contribution in [3.8, 4) is 0 Å². The molecule has 1 aliphatic rings. The molecule has 0 aliphatic heterocycles. The molecule has 0 spiro atoms. The van der Waals surface area contributed by atoms with E-state index >= 15 is 0 Å². The van der Waals surface area contributed by atoms with Crippen molar-refractivity contribution in [2.75, 3.05) is 6.54 Å². The van der Waals surface area contributed by atoms with Gasteiger partial charge in [-0.15, -0.1) is 0 Å². The van der Waals surface area contributed by atoms with E-state index in [-0.39, 0.29) is 11.4 Å². The summed E-state index contributed by atoms with van der Waals surface area (Å²) < 4.78 is 1.68. The van der Waals surface area contributed by atoms with Crippen molar-refractivity contribution < 1.29 is 4.92 Å². The van der Waals surface area contributed by atoms with Crippen LogP contribution >= 0.6 is 0 Å². The molecule has 1 heterocycles. The number of hydrogen-bond acceptors (Lipinski definition) is 4. The van der Waals surface area contributed by atoms with E-state index in [4.69, 9.17) is 5.73 Å². The first-order valence-electron chi connectivity index (χ1n) is 5.09. The molecule has 1 fully saturated rings. The molecule has 0 radical (unpaired) electrons. The van der Waals surface area contributed by atoms with E-state index in [0.717, 1.165) is 25.7 Å². The maximum absolute atomic E-state index is 10.5. The molecule has 0 atom stereocenters. The van der Waals surface area contributed by atoms with Gasteiger partial charge in [0.1, 0.15) is 0 Å². The number of nitrogens with two attached hydrogens (primary N) is 1. The van der Waals surface area contributed by atoms with Gasteiger partial charge in [-0.25, -0.2) is 0 Å². The molecular weight excluding hydrogens is 196 g/mol. The topological polar surface area (TPSA) is 87.0 Å². The lowest BCUT2D eigenvalue weighted by Crippen LogP contribution is -2.38. The molecule has 0 unspecified atom stereocenters. The Morgan fingerprint density at radius 2 is 2.27 bits per heavy atom. The fourth-order valence-corrected chi connectivity index (χ4v) is 2.24. The van der Waals surface area contributed by atoms with Crippen molar-refractivity contribution in [3.63, 3.8) is 0 Å². The zero-order valence-electron chi connectivity index (χ0n) is 8.43. The van der Waals surface area contributed by atoms with Gasteiger partial charge >= 0.3 is 5.82 Å². The summed E-state index contributed by atoms with van der Waals surface area (Å²) in [5, 5.41) is 14.5. The van der Waals surface area contributed by atoms with Crippen LogP contribution in [0.1, 0.15) is 25.7 Å². The van der Waals surface area contributed by atoms with E-state index in [9.17, 15) is 10.1 Å². The fourth-order valence-electron chi connectivity index (χ4n) is 2.24. The second-order valence-electron chi connectivity index (χ2n) is 4.01. The number of hydrogen-bond donors (Lipinski definition) is 1. The molecule has 2 N–H and O–H groups in total. The third kappa shape index (κ3) is 1.61. The maximum atomic E-state index is 10.5. The maximum Gasteiger partial charge on any atom is 0.389 e. The molecule has 0 bridgehead atoms. The lowest BCUT2D eigenvalue weighted by atomic mass is 9.98. The molecule has 15 heavy (non-hydrogen) atoms. The standard InChI is InChI=1S/C9H14N4O2/c10-7-9(4-1-2-5-9)12-6-3-8(11-12)13(14)15/h3,6H,1-2,4-5,7,10H2. The molecule has 1 aromatic heterocycles. The molecular formula is C9H14N4O2. The van der Waals surface area contributed by atoms with E-state index in [0.29, 0.717) is 6.54 Å². The highest BCUT2D eigenvalue weighted by Gasteiger charge is 2.38. The average molecular weight is 210 g/mol. The molecule has 1 saturated carbocycles. The summed E-state index contributed by atoms with van der Waals surface area (Å²) in [6.07, 6.45) is 5.82. The Labute approximate surface area is 87.2 Å². The predicted octanol–water partition coefficient (Wildman–Crippen LogP) is 1.02. The van der Waals surface area contributed by atoms with Crippen LogP contribution in [0.3, 0.4) is 0 Å². The van der Waals surface area contributed by atoms with Crippen LogP contribution < -0.4 is 5.73 Å². The summed E-state index contributed by atoms with van der Waals surface area (Å²) in [4.78, 5) is 10.0. The number of rotatable bonds is 3. The van der Waals surface area contributed by atoms with Gasteiger partial charge in [-0.2, -0.15) is 4.68 Å². The van der Waals surface area contributed by atoms with E-state index in [1.165, 1.54) is 6.07 Å². The Bertz CT molecular complexity index is 368. The quantitative estimate of drug-likeness (QED) is 0.596. The van der Waals surface area contributed by atoms with E-state index in [1.807, 2.05) is 0 Å². The minimum Gasteiger partial charge on any atom is -0.358 e. The first kappa shape index (κ1) is 10.1. The van der Waals surface area contributed by atoms with Crippen LogP contribution in [0.15, 0.2) is 12.3 Å². The second kappa shape index (κ2) is 3.62. The van der Waals surface area contributed by atoms with E-state index < -0.39 is 4.92 Å². The van der Waals surface area contributed by atoms with Crippen molar-refractivity contribution in [2.24, 2.45) is 5.73 Å². The summed E-state index contributed by atoms with van der Waals surface area (Å²) in [5.74, 6) is -0.102. The van der Waals surface area contributed by atoms with Gasteiger partial charge in [0.15, 0.2) is 0 Å². The molecule has 82 valence electrons. The van der Waals surface area contributed by atoms with Gasteiger partial charge in [-0.3, -0.25) is 0 Å². The van der Waals surface area contributed by atoms with Gasteiger partial charge in [0.2, 0.25) is 0 Å². The number of nitro groups is 1. The highest BCUT2D eigenvalue weighted by Crippen LogP contribution is 2.35. The van der Waals surface area contributed by atoms with Gasteiger partial charge in [-0.05, 0) is 17.8 Å². The largest absolute Gasteiger partial charge is 0.389 e. The van der Waals surface area contributed by atoms with E-state index in [2.05, 4.69) is 5.10 Å². The zero-order valence-corrected chi connectivity index (χ0v) is 8.43. The third-order valence-electron chi connectivity index (χ3n) is 3.16. The van der Waals surface area contributed by atoms with Crippen LogP contribution in [0.5, 0.6) is 0 Å². The molecule has 2 rings (SSSR count). The van der Waals surface area contributed by atoms with Gasteiger partial charge in [0, 0.05) is 6.54 Å². The van der Waals surface area contributed by atoms with Crippen LogP contribution in [0, 0.1) is 10.1 Å². The SMILES string of the molecule is NCC1(n2ccc([N+](=O)[O-])n2)CCCC1. The second-order valence-corrected chi connectivity index (χ2v) is 4.01.